The van der Waals surface area contributed by atoms with Crippen LogP contribution >= 0.6 is 0 Å². The zero-order valence-corrected chi connectivity index (χ0v) is 12.5. The predicted molar refractivity (Wildman–Crippen MR) is 81.5 cm³/mol. The second kappa shape index (κ2) is 7.38. The third kappa shape index (κ3) is 4.54. The zero-order chi connectivity index (χ0) is 16.0. The molecule has 1 aromatic rings. The quantitative estimate of drug-likeness (QED) is 0.707. The summed E-state index contributed by atoms with van der Waals surface area (Å²) in [6.45, 7) is 6.19. The van der Waals surface area contributed by atoms with E-state index in [0.29, 0.717) is 5.41 Å². The van der Waals surface area contributed by atoms with Gasteiger partial charge in [0.15, 0.2) is 0 Å². The molecule has 0 aliphatic carbocycles. The summed E-state index contributed by atoms with van der Waals surface area (Å²) in [5.41, 5.74) is 2.12. The van der Waals surface area contributed by atoms with Crippen LogP contribution in [0, 0.1) is 5.41 Å². The molecule has 0 aromatic heterocycles. The molecule has 0 atom stereocenters. The SMILES string of the molecule is O=C(O)C(=O)O.c1ccc(CN2CCC3(CC2)CNC3)cc1. The number of aliphatic carboxylic acids is 2. The van der Waals surface area contributed by atoms with Crippen molar-refractivity contribution in [1.29, 1.82) is 0 Å². The first kappa shape index (κ1) is 16.5. The van der Waals surface area contributed by atoms with Crippen LogP contribution in [0.5, 0.6) is 0 Å². The van der Waals surface area contributed by atoms with Crippen LogP contribution in [0.1, 0.15) is 18.4 Å². The van der Waals surface area contributed by atoms with Crippen LogP contribution in [0.2, 0.25) is 0 Å². The summed E-state index contributed by atoms with van der Waals surface area (Å²) in [5, 5.41) is 18.2. The molecule has 2 fully saturated rings. The lowest BCUT2D eigenvalue weighted by Gasteiger charge is -2.48. The van der Waals surface area contributed by atoms with Gasteiger partial charge in [-0.1, -0.05) is 30.3 Å². The molecule has 0 saturated carbocycles. The molecular weight excluding hydrogens is 284 g/mol. The van der Waals surface area contributed by atoms with Crippen molar-refractivity contribution in [2.24, 2.45) is 5.41 Å². The number of likely N-dealkylation sites (tertiary alicyclic amines) is 1. The van der Waals surface area contributed by atoms with Gasteiger partial charge in [-0.3, -0.25) is 4.90 Å². The Hall–Kier alpha value is -1.92. The molecule has 0 unspecified atom stereocenters. The molecule has 2 aliphatic rings. The third-order valence-electron chi connectivity index (χ3n) is 4.35. The highest BCUT2D eigenvalue weighted by Gasteiger charge is 2.39. The summed E-state index contributed by atoms with van der Waals surface area (Å²) in [4.78, 5) is 20.8. The number of carboxylic acid groups (broad SMARTS) is 2. The fourth-order valence-corrected chi connectivity index (χ4v) is 2.86. The van der Waals surface area contributed by atoms with E-state index >= 15 is 0 Å². The van der Waals surface area contributed by atoms with E-state index in [2.05, 4.69) is 40.5 Å². The molecule has 6 nitrogen and oxygen atoms in total. The smallest absolute Gasteiger partial charge is 0.414 e. The van der Waals surface area contributed by atoms with E-state index in [1.54, 1.807) is 0 Å². The molecule has 2 aliphatic heterocycles. The van der Waals surface area contributed by atoms with E-state index < -0.39 is 11.9 Å². The number of hydrogen-bond acceptors (Lipinski definition) is 4. The summed E-state index contributed by atoms with van der Waals surface area (Å²) < 4.78 is 0. The number of carboxylic acids is 2. The highest BCUT2D eigenvalue weighted by molar-refractivity contribution is 6.27. The molecule has 0 amide bonds. The van der Waals surface area contributed by atoms with Gasteiger partial charge in [-0.05, 0) is 36.9 Å². The highest BCUT2D eigenvalue weighted by Crippen LogP contribution is 2.35. The van der Waals surface area contributed by atoms with Crippen molar-refractivity contribution in [2.45, 2.75) is 19.4 Å². The van der Waals surface area contributed by atoms with Crippen molar-refractivity contribution in [3.63, 3.8) is 0 Å². The fourth-order valence-electron chi connectivity index (χ4n) is 2.86. The third-order valence-corrected chi connectivity index (χ3v) is 4.35. The zero-order valence-electron chi connectivity index (χ0n) is 12.5. The number of nitrogens with one attached hydrogen (secondary N) is 1. The first-order valence-corrected chi connectivity index (χ1v) is 7.44. The summed E-state index contributed by atoms with van der Waals surface area (Å²) in [6, 6.07) is 10.8. The largest absolute Gasteiger partial charge is 0.473 e. The minimum Gasteiger partial charge on any atom is -0.473 e. The van der Waals surface area contributed by atoms with Crippen LogP contribution in [0.15, 0.2) is 30.3 Å². The van der Waals surface area contributed by atoms with Crippen LogP contribution < -0.4 is 5.32 Å². The molecule has 3 N–H and O–H groups in total. The Morgan fingerprint density at radius 1 is 1.05 bits per heavy atom. The Kier molecular flexibility index (Phi) is 5.51. The molecule has 2 heterocycles. The van der Waals surface area contributed by atoms with Gasteiger partial charge < -0.3 is 15.5 Å². The maximum atomic E-state index is 9.10. The van der Waals surface area contributed by atoms with Gasteiger partial charge in [-0.2, -0.15) is 0 Å². The molecule has 2 saturated heterocycles. The number of piperidine rings is 1. The van der Waals surface area contributed by atoms with E-state index in [4.69, 9.17) is 19.8 Å². The topological polar surface area (TPSA) is 89.9 Å². The maximum absolute atomic E-state index is 9.10. The average Bonchev–Trinajstić information content (AvgIpc) is 2.48. The van der Waals surface area contributed by atoms with Crippen LogP contribution in [-0.4, -0.2) is 53.2 Å². The number of benzene rings is 1. The molecule has 6 heteroatoms. The normalized spacial score (nSPS) is 19.6. The first-order chi connectivity index (χ1) is 10.5. The van der Waals surface area contributed by atoms with Crippen molar-refractivity contribution in [3.8, 4) is 0 Å². The van der Waals surface area contributed by atoms with Gasteiger partial charge in [0.1, 0.15) is 0 Å². The van der Waals surface area contributed by atoms with Crippen molar-refractivity contribution >= 4 is 11.9 Å². The van der Waals surface area contributed by atoms with E-state index in [1.165, 1.54) is 44.6 Å². The molecule has 22 heavy (non-hydrogen) atoms. The van der Waals surface area contributed by atoms with Gasteiger partial charge in [0.25, 0.3) is 0 Å². The molecule has 0 radical (unpaired) electrons. The second-order valence-electron chi connectivity index (χ2n) is 5.98. The van der Waals surface area contributed by atoms with Crippen molar-refractivity contribution in [2.75, 3.05) is 26.2 Å². The minimum absolute atomic E-state index is 0.674. The van der Waals surface area contributed by atoms with Crippen molar-refractivity contribution in [3.05, 3.63) is 35.9 Å². The van der Waals surface area contributed by atoms with Crippen LogP contribution in [0.25, 0.3) is 0 Å². The Balaban J connectivity index is 0.000000254. The van der Waals surface area contributed by atoms with Gasteiger partial charge in [0.2, 0.25) is 0 Å². The summed E-state index contributed by atoms with van der Waals surface area (Å²) >= 11 is 0. The summed E-state index contributed by atoms with van der Waals surface area (Å²) in [7, 11) is 0. The van der Waals surface area contributed by atoms with E-state index in [1.807, 2.05) is 0 Å². The van der Waals surface area contributed by atoms with Crippen LogP contribution in [-0.2, 0) is 16.1 Å². The lowest BCUT2D eigenvalue weighted by atomic mass is 9.73. The maximum Gasteiger partial charge on any atom is 0.414 e. The van der Waals surface area contributed by atoms with Gasteiger partial charge in [-0.15, -0.1) is 0 Å². The monoisotopic (exact) mass is 306 g/mol. The molecule has 3 rings (SSSR count). The van der Waals surface area contributed by atoms with E-state index in [0.717, 1.165) is 6.54 Å². The molecule has 0 bridgehead atoms. The van der Waals surface area contributed by atoms with Gasteiger partial charge in [0, 0.05) is 19.6 Å². The van der Waals surface area contributed by atoms with Gasteiger partial charge in [-0.25, -0.2) is 9.59 Å². The molecule has 1 aromatic carbocycles. The Labute approximate surface area is 129 Å². The van der Waals surface area contributed by atoms with Gasteiger partial charge >= 0.3 is 11.9 Å². The van der Waals surface area contributed by atoms with E-state index in [9.17, 15) is 0 Å². The fraction of sp³-hybridized carbons (Fsp3) is 0.500. The average molecular weight is 306 g/mol. The minimum atomic E-state index is -1.82. The Bertz CT molecular complexity index is 492. The lowest BCUT2D eigenvalue weighted by Crippen LogP contribution is -2.58. The van der Waals surface area contributed by atoms with Crippen molar-refractivity contribution in [1.82, 2.24) is 10.2 Å². The molecular formula is C16H22N2O4. The van der Waals surface area contributed by atoms with Gasteiger partial charge in [0.05, 0.1) is 0 Å². The Morgan fingerprint density at radius 3 is 2.00 bits per heavy atom. The number of nitrogens with zero attached hydrogens (tertiary/aromatic N) is 1. The second-order valence-corrected chi connectivity index (χ2v) is 5.98. The predicted octanol–water partition coefficient (Wildman–Crippen LogP) is 1.03. The molecule has 120 valence electrons. The molecule has 1 spiro atoms. The standard InChI is InChI=1S/C14H20N2.C2H2O4/c1-2-4-13(5-3-1)10-16-8-6-14(7-9-16)11-15-12-14;3-1(4)2(5)6/h1-5,15H,6-12H2;(H,3,4)(H,5,6). The van der Waals surface area contributed by atoms with Crippen LogP contribution in [0.4, 0.5) is 0 Å². The number of rotatable bonds is 2. The number of hydrogen-bond donors (Lipinski definition) is 3. The highest BCUT2D eigenvalue weighted by atomic mass is 16.4. The summed E-state index contributed by atoms with van der Waals surface area (Å²) in [6.07, 6.45) is 2.76. The first-order valence-electron chi connectivity index (χ1n) is 7.44. The number of carbonyl (C=O) groups is 2. The van der Waals surface area contributed by atoms with Crippen LogP contribution in [0.3, 0.4) is 0 Å². The van der Waals surface area contributed by atoms with E-state index in [-0.39, 0.29) is 0 Å². The lowest BCUT2D eigenvalue weighted by molar-refractivity contribution is -0.159. The van der Waals surface area contributed by atoms with Crippen molar-refractivity contribution < 1.29 is 19.8 Å². The summed E-state index contributed by atoms with van der Waals surface area (Å²) in [5.74, 6) is -3.65. The Morgan fingerprint density at radius 2 is 1.59 bits per heavy atom.